The van der Waals surface area contributed by atoms with Crippen molar-refractivity contribution in [1.29, 1.82) is 0 Å². The molecular formula is C11H15NO2S. The lowest BCUT2D eigenvalue weighted by Gasteiger charge is -2.25. The van der Waals surface area contributed by atoms with E-state index in [1.165, 1.54) is 6.26 Å². The number of rotatable bonds is 2. The zero-order chi connectivity index (χ0) is 10.9. The molecule has 0 fully saturated rings. The van der Waals surface area contributed by atoms with Gasteiger partial charge >= 0.3 is 0 Å². The van der Waals surface area contributed by atoms with Crippen LogP contribution in [-0.4, -0.2) is 27.0 Å². The molecule has 1 heterocycles. The van der Waals surface area contributed by atoms with E-state index in [4.69, 9.17) is 0 Å². The van der Waals surface area contributed by atoms with E-state index in [1.54, 1.807) is 0 Å². The highest BCUT2D eigenvalue weighted by Crippen LogP contribution is 2.31. The Hall–Kier alpha value is -1.03. The molecule has 1 aromatic carbocycles. The van der Waals surface area contributed by atoms with Crippen LogP contribution in [-0.2, 0) is 9.84 Å². The molecule has 0 aromatic heterocycles. The van der Waals surface area contributed by atoms with Crippen molar-refractivity contribution in [3.8, 4) is 0 Å². The van der Waals surface area contributed by atoms with Gasteiger partial charge in [-0.05, 0) is 18.1 Å². The predicted octanol–water partition coefficient (Wildman–Crippen LogP) is 1.63. The first-order valence-corrected chi connectivity index (χ1v) is 7.13. The lowest BCUT2D eigenvalue weighted by Crippen LogP contribution is -2.22. The molecule has 0 saturated carbocycles. The second kappa shape index (κ2) is 3.85. The lowest BCUT2D eigenvalue weighted by atomic mass is 9.93. The predicted molar refractivity (Wildman–Crippen MR) is 62.0 cm³/mol. The van der Waals surface area contributed by atoms with Crippen LogP contribution in [0.1, 0.15) is 17.9 Å². The first-order valence-electron chi connectivity index (χ1n) is 5.07. The van der Waals surface area contributed by atoms with Crippen LogP contribution in [0, 0.1) is 0 Å². The van der Waals surface area contributed by atoms with E-state index in [1.807, 2.05) is 24.3 Å². The van der Waals surface area contributed by atoms with Gasteiger partial charge in [-0.3, -0.25) is 0 Å². The Bertz CT molecular complexity index is 453. The fourth-order valence-corrected chi connectivity index (χ4v) is 3.17. The summed E-state index contributed by atoms with van der Waals surface area (Å²) >= 11 is 0. The summed E-state index contributed by atoms with van der Waals surface area (Å²) in [4.78, 5) is 0. The van der Waals surface area contributed by atoms with Crippen LogP contribution in [0.3, 0.4) is 0 Å². The SMILES string of the molecule is CS(=O)(=O)CC1CCNc2ccccc21. The Labute approximate surface area is 90.4 Å². The largest absolute Gasteiger partial charge is 0.385 e. The number of hydrogen-bond acceptors (Lipinski definition) is 3. The third-order valence-corrected chi connectivity index (χ3v) is 3.72. The minimum absolute atomic E-state index is 0.150. The Balaban J connectivity index is 2.30. The molecule has 1 aliphatic heterocycles. The Morgan fingerprint density at radius 3 is 2.87 bits per heavy atom. The van der Waals surface area contributed by atoms with Gasteiger partial charge in [-0.2, -0.15) is 0 Å². The molecule has 2 rings (SSSR count). The van der Waals surface area contributed by atoms with Crippen molar-refractivity contribution in [3.63, 3.8) is 0 Å². The number of anilines is 1. The minimum atomic E-state index is -2.89. The van der Waals surface area contributed by atoms with Crippen molar-refractivity contribution in [3.05, 3.63) is 29.8 Å². The van der Waals surface area contributed by atoms with Crippen molar-refractivity contribution < 1.29 is 8.42 Å². The van der Waals surface area contributed by atoms with Gasteiger partial charge in [0.1, 0.15) is 9.84 Å². The number of sulfone groups is 1. The van der Waals surface area contributed by atoms with E-state index in [-0.39, 0.29) is 11.7 Å². The van der Waals surface area contributed by atoms with Crippen molar-refractivity contribution in [2.75, 3.05) is 23.9 Å². The number of hydrogen-bond donors (Lipinski definition) is 1. The van der Waals surface area contributed by atoms with Crippen LogP contribution in [0.4, 0.5) is 5.69 Å². The molecule has 0 spiro atoms. The average Bonchev–Trinajstić information content (AvgIpc) is 2.16. The smallest absolute Gasteiger partial charge is 0.148 e. The van der Waals surface area contributed by atoms with Gasteiger partial charge in [0.2, 0.25) is 0 Å². The minimum Gasteiger partial charge on any atom is -0.385 e. The van der Waals surface area contributed by atoms with Crippen molar-refractivity contribution in [1.82, 2.24) is 0 Å². The van der Waals surface area contributed by atoms with Crippen LogP contribution in [0.2, 0.25) is 0 Å². The van der Waals surface area contributed by atoms with Crippen LogP contribution in [0.25, 0.3) is 0 Å². The summed E-state index contributed by atoms with van der Waals surface area (Å²) in [6, 6.07) is 7.94. The molecule has 0 bridgehead atoms. The van der Waals surface area contributed by atoms with Gasteiger partial charge in [-0.1, -0.05) is 18.2 Å². The summed E-state index contributed by atoms with van der Waals surface area (Å²) in [5.74, 6) is 0.406. The maximum atomic E-state index is 11.3. The van der Waals surface area contributed by atoms with Crippen LogP contribution >= 0.6 is 0 Å². The molecule has 15 heavy (non-hydrogen) atoms. The highest BCUT2D eigenvalue weighted by molar-refractivity contribution is 7.90. The number of fused-ring (bicyclic) bond motifs is 1. The molecule has 3 nitrogen and oxygen atoms in total. The molecule has 0 radical (unpaired) electrons. The lowest BCUT2D eigenvalue weighted by molar-refractivity contribution is 0.586. The van der Waals surface area contributed by atoms with Gasteiger partial charge in [-0.25, -0.2) is 8.42 Å². The maximum Gasteiger partial charge on any atom is 0.148 e. The van der Waals surface area contributed by atoms with E-state index in [0.717, 1.165) is 24.2 Å². The molecule has 1 aliphatic rings. The summed E-state index contributed by atoms with van der Waals surface area (Å²) in [6.45, 7) is 0.858. The maximum absolute atomic E-state index is 11.3. The zero-order valence-electron chi connectivity index (χ0n) is 8.73. The molecule has 0 aliphatic carbocycles. The van der Waals surface area contributed by atoms with Crippen LogP contribution < -0.4 is 5.32 Å². The highest BCUT2D eigenvalue weighted by atomic mass is 32.2. The Morgan fingerprint density at radius 1 is 1.40 bits per heavy atom. The molecule has 82 valence electrons. The second-order valence-electron chi connectivity index (χ2n) is 4.09. The van der Waals surface area contributed by atoms with Gasteiger partial charge in [-0.15, -0.1) is 0 Å². The number of nitrogens with one attached hydrogen (secondary N) is 1. The van der Waals surface area contributed by atoms with Crippen molar-refractivity contribution in [2.45, 2.75) is 12.3 Å². The monoisotopic (exact) mass is 225 g/mol. The topological polar surface area (TPSA) is 46.2 Å². The third-order valence-electron chi connectivity index (χ3n) is 2.71. The molecule has 0 saturated heterocycles. The molecule has 1 aromatic rings. The van der Waals surface area contributed by atoms with E-state index in [2.05, 4.69) is 5.32 Å². The quantitative estimate of drug-likeness (QED) is 0.832. The summed E-state index contributed by atoms with van der Waals surface area (Å²) in [5.41, 5.74) is 2.21. The van der Waals surface area contributed by atoms with E-state index in [9.17, 15) is 8.42 Å². The molecule has 1 N–H and O–H groups in total. The molecule has 1 unspecified atom stereocenters. The zero-order valence-corrected chi connectivity index (χ0v) is 9.55. The second-order valence-corrected chi connectivity index (χ2v) is 6.28. The molecule has 4 heteroatoms. The fraction of sp³-hybridized carbons (Fsp3) is 0.455. The van der Waals surface area contributed by atoms with Gasteiger partial charge in [0, 0.05) is 24.4 Å². The summed E-state index contributed by atoms with van der Waals surface area (Å²) in [6.07, 6.45) is 2.20. The number of benzene rings is 1. The van der Waals surface area contributed by atoms with Crippen LogP contribution in [0.5, 0.6) is 0 Å². The normalized spacial score (nSPS) is 20.5. The standard InChI is InChI=1S/C11H15NO2S/c1-15(13,14)8-9-6-7-12-11-5-3-2-4-10(9)11/h2-5,9,12H,6-8H2,1H3. The van der Waals surface area contributed by atoms with Gasteiger partial charge in [0.05, 0.1) is 5.75 Å². The average molecular weight is 225 g/mol. The molecule has 1 atom stereocenters. The Kier molecular flexibility index (Phi) is 2.69. The fourth-order valence-electron chi connectivity index (χ4n) is 2.09. The van der Waals surface area contributed by atoms with E-state index >= 15 is 0 Å². The number of para-hydroxylation sites is 1. The summed E-state index contributed by atoms with van der Waals surface area (Å²) in [5, 5.41) is 3.28. The van der Waals surface area contributed by atoms with Gasteiger partial charge in [0.25, 0.3) is 0 Å². The van der Waals surface area contributed by atoms with E-state index in [0.29, 0.717) is 0 Å². The van der Waals surface area contributed by atoms with Gasteiger partial charge < -0.3 is 5.32 Å². The van der Waals surface area contributed by atoms with E-state index < -0.39 is 9.84 Å². The summed E-state index contributed by atoms with van der Waals surface area (Å²) in [7, 11) is -2.89. The highest BCUT2D eigenvalue weighted by Gasteiger charge is 2.22. The summed E-state index contributed by atoms with van der Waals surface area (Å²) < 4.78 is 22.6. The molecule has 0 amide bonds. The van der Waals surface area contributed by atoms with Crippen LogP contribution in [0.15, 0.2) is 24.3 Å². The third kappa shape index (κ3) is 2.50. The van der Waals surface area contributed by atoms with Gasteiger partial charge in [0.15, 0.2) is 0 Å². The van der Waals surface area contributed by atoms with Crippen molar-refractivity contribution >= 4 is 15.5 Å². The first-order chi connectivity index (χ1) is 7.06. The first kappa shape index (κ1) is 10.5. The van der Waals surface area contributed by atoms with Crippen molar-refractivity contribution in [2.24, 2.45) is 0 Å². The Morgan fingerprint density at radius 2 is 2.13 bits per heavy atom. The molecular weight excluding hydrogens is 210 g/mol.